The molecule has 1 heterocycles. The minimum Gasteiger partial charge on any atom is -0.492 e. The van der Waals surface area contributed by atoms with E-state index in [1.807, 2.05) is 73.1 Å². The van der Waals surface area contributed by atoms with E-state index in [9.17, 15) is 8.42 Å². The van der Waals surface area contributed by atoms with E-state index in [0.717, 1.165) is 17.0 Å². The molecule has 1 aromatic heterocycles. The average Bonchev–Trinajstić information content (AvgIpc) is 3.13. The van der Waals surface area contributed by atoms with Crippen molar-refractivity contribution in [3.63, 3.8) is 0 Å². The Morgan fingerprint density at radius 1 is 1.07 bits per heavy atom. The summed E-state index contributed by atoms with van der Waals surface area (Å²) in [6.45, 7) is 6.00. The van der Waals surface area contributed by atoms with E-state index >= 15 is 0 Å². The fourth-order valence-electron chi connectivity index (χ4n) is 3.14. The molecule has 0 aliphatic rings. The molecule has 0 bridgehead atoms. The van der Waals surface area contributed by atoms with Crippen LogP contribution in [0.5, 0.6) is 5.75 Å². The second-order valence-electron chi connectivity index (χ2n) is 7.41. The molecule has 3 rings (SSSR count). The monoisotopic (exact) mass is 427 g/mol. The Hall–Kier alpha value is -2.64. The van der Waals surface area contributed by atoms with E-state index < -0.39 is 9.84 Å². The van der Waals surface area contributed by atoms with Gasteiger partial charge in [-0.2, -0.15) is 0 Å². The molecule has 30 heavy (non-hydrogen) atoms. The number of ether oxygens (including phenoxy) is 1. The predicted molar refractivity (Wildman–Crippen MR) is 119 cm³/mol. The molecule has 0 saturated heterocycles. The highest BCUT2D eigenvalue weighted by Crippen LogP contribution is 2.17. The highest BCUT2D eigenvalue weighted by Gasteiger charge is 2.22. The molecule has 0 radical (unpaired) electrons. The lowest BCUT2D eigenvalue weighted by Gasteiger charge is -2.19. The molecular weight excluding hydrogens is 398 g/mol. The summed E-state index contributed by atoms with van der Waals surface area (Å²) in [5, 5.41) is 0.133. The van der Waals surface area contributed by atoms with Gasteiger partial charge in [0.15, 0.2) is 0 Å². The van der Waals surface area contributed by atoms with Gasteiger partial charge in [-0.3, -0.25) is 4.90 Å². The summed E-state index contributed by atoms with van der Waals surface area (Å²) in [6.07, 6.45) is 1.67. The summed E-state index contributed by atoms with van der Waals surface area (Å²) in [4.78, 5) is 6.37. The minimum absolute atomic E-state index is 0.0263. The Morgan fingerprint density at radius 2 is 1.77 bits per heavy atom. The quantitative estimate of drug-likeness (QED) is 0.495. The van der Waals surface area contributed by atoms with Crippen LogP contribution < -0.4 is 4.74 Å². The first-order valence-corrected chi connectivity index (χ1v) is 11.7. The zero-order valence-corrected chi connectivity index (χ0v) is 18.6. The Labute approximate surface area is 179 Å². The number of nitrogens with zero attached hydrogens (tertiary/aromatic N) is 3. The summed E-state index contributed by atoms with van der Waals surface area (Å²) in [5.41, 5.74) is 3.10. The Bertz CT molecular complexity index is 1050. The van der Waals surface area contributed by atoms with E-state index in [0.29, 0.717) is 26.2 Å². The first-order valence-electron chi connectivity index (χ1n) is 10.1. The smallest absolute Gasteiger partial charge is 0.228 e. The van der Waals surface area contributed by atoms with Crippen LogP contribution in [0.4, 0.5) is 0 Å². The van der Waals surface area contributed by atoms with Crippen molar-refractivity contribution < 1.29 is 13.2 Å². The molecule has 160 valence electrons. The first-order chi connectivity index (χ1) is 14.4. The molecule has 7 heteroatoms. The number of benzene rings is 2. The summed E-state index contributed by atoms with van der Waals surface area (Å²) < 4.78 is 32.7. The van der Waals surface area contributed by atoms with Crippen LogP contribution >= 0.6 is 0 Å². The van der Waals surface area contributed by atoms with Crippen LogP contribution in [-0.4, -0.2) is 48.8 Å². The lowest BCUT2D eigenvalue weighted by atomic mass is 10.2. The van der Waals surface area contributed by atoms with Gasteiger partial charge in [-0.15, -0.1) is 0 Å². The summed E-state index contributed by atoms with van der Waals surface area (Å²) >= 11 is 0. The third-order valence-electron chi connectivity index (χ3n) is 4.94. The highest BCUT2D eigenvalue weighted by molar-refractivity contribution is 7.91. The minimum atomic E-state index is -3.41. The molecule has 0 amide bonds. The molecule has 3 aromatic rings. The number of hydrogen-bond acceptors (Lipinski definition) is 5. The molecule has 0 aliphatic carbocycles. The fraction of sp³-hybridized carbons (Fsp3) is 0.348. The number of imidazole rings is 1. The molecule has 0 spiro atoms. The van der Waals surface area contributed by atoms with E-state index in [2.05, 4.69) is 9.88 Å². The van der Waals surface area contributed by atoms with Gasteiger partial charge in [0.05, 0.1) is 24.2 Å². The Balaban J connectivity index is 1.70. The number of hydrogen-bond donors (Lipinski definition) is 0. The second kappa shape index (κ2) is 9.91. The van der Waals surface area contributed by atoms with Crippen molar-refractivity contribution in [2.45, 2.75) is 32.1 Å². The molecule has 6 nitrogen and oxygen atoms in total. The van der Waals surface area contributed by atoms with Gasteiger partial charge in [-0.05, 0) is 31.7 Å². The molecular formula is C23H29N3O3S. The maximum Gasteiger partial charge on any atom is 0.228 e. The van der Waals surface area contributed by atoms with Gasteiger partial charge in [-0.1, -0.05) is 55.0 Å². The molecule has 0 aliphatic heterocycles. The van der Waals surface area contributed by atoms with Crippen molar-refractivity contribution in [3.05, 3.63) is 77.6 Å². The van der Waals surface area contributed by atoms with Gasteiger partial charge in [0.1, 0.15) is 12.4 Å². The normalized spacial score (nSPS) is 11.7. The molecule has 0 atom stereocenters. The first kappa shape index (κ1) is 22.1. The molecule has 2 aromatic carbocycles. The van der Waals surface area contributed by atoms with Crippen molar-refractivity contribution in [2.75, 3.05) is 26.0 Å². The molecule has 0 saturated carbocycles. The zero-order chi connectivity index (χ0) is 21.6. The van der Waals surface area contributed by atoms with Crippen LogP contribution in [0.15, 0.2) is 66.0 Å². The van der Waals surface area contributed by atoms with Gasteiger partial charge >= 0.3 is 0 Å². The third kappa shape index (κ3) is 5.70. The molecule has 0 unspecified atom stereocenters. The highest BCUT2D eigenvalue weighted by atomic mass is 32.2. The van der Waals surface area contributed by atoms with Crippen LogP contribution in [0.25, 0.3) is 0 Å². The number of sulfone groups is 1. The van der Waals surface area contributed by atoms with Gasteiger partial charge in [0, 0.05) is 13.1 Å². The summed E-state index contributed by atoms with van der Waals surface area (Å²) in [5.74, 6) is 0.873. The lowest BCUT2D eigenvalue weighted by Crippen LogP contribution is -2.26. The largest absolute Gasteiger partial charge is 0.492 e. The lowest BCUT2D eigenvalue weighted by molar-refractivity contribution is 0.229. The number of likely N-dealkylation sites (N-methyl/N-ethyl adjacent to an activating group) is 1. The van der Waals surface area contributed by atoms with Crippen molar-refractivity contribution in [1.29, 1.82) is 0 Å². The van der Waals surface area contributed by atoms with Crippen molar-refractivity contribution in [2.24, 2.45) is 0 Å². The van der Waals surface area contributed by atoms with Crippen LogP contribution in [0.2, 0.25) is 0 Å². The SMILES string of the molecule is CCS(=O)(=O)c1ncc(CN(C)CCOc2ccc(C)cc2)n1Cc1ccccc1. The van der Waals surface area contributed by atoms with Gasteiger partial charge < -0.3 is 9.30 Å². The average molecular weight is 428 g/mol. The summed E-state index contributed by atoms with van der Waals surface area (Å²) in [7, 11) is -1.42. The maximum absolute atomic E-state index is 12.5. The number of aryl methyl sites for hydroxylation is 1. The van der Waals surface area contributed by atoms with E-state index in [1.165, 1.54) is 5.56 Å². The van der Waals surface area contributed by atoms with Crippen LogP contribution in [-0.2, 0) is 22.9 Å². The second-order valence-corrected chi connectivity index (χ2v) is 9.58. The Morgan fingerprint density at radius 3 is 2.43 bits per heavy atom. The van der Waals surface area contributed by atoms with E-state index in [-0.39, 0.29) is 10.9 Å². The van der Waals surface area contributed by atoms with E-state index in [4.69, 9.17) is 4.74 Å². The van der Waals surface area contributed by atoms with Crippen molar-refractivity contribution in [1.82, 2.24) is 14.5 Å². The fourth-order valence-corrected chi connectivity index (χ4v) is 4.13. The maximum atomic E-state index is 12.5. The Kier molecular flexibility index (Phi) is 7.29. The number of rotatable bonds is 10. The van der Waals surface area contributed by atoms with Gasteiger partial charge in [-0.25, -0.2) is 13.4 Å². The van der Waals surface area contributed by atoms with Crippen molar-refractivity contribution >= 4 is 9.84 Å². The van der Waals surface area contributed by atoms with Crippen LogP contribution in [0.1, 0.15) is 23.7 Å². The van der Waals surface area contributed by atoms with Crippen LogP contribution in [0, 0.1) is 6.92 Å². The van der Waals surface area contributed by atoms with Gasteiger partial charge in [0.25, 0.3) is 0 Å². The van der Waals surface area contributed by atoms with E-state index in [1.54, 1.807) is 13.1 Å². The topological polar surface area (TPSA) is 64.4 Å². The molecule has 0 fully saturated rings. The standard InChI is InChI=1S/C23H29N3O3S/c1-4-30(27,28)23-24-16-21(26(23)17-20-8-6-5-7-9-20)18-25(3)14-15-29-22-12-10-19(2)11-13-22/h5-13,16H,4,14-15,17-18H2,1-3H3. The number of aromatic nitrogens is 2. The third-order valence-corrected chi connectivity index (χ3v) is 6.58. The van der Waals surface area contributed by atoms with Gasteiger partial charge in [0.2, 0.25) is 15.0 Å². The predicted octanol–water partition coefficient (Wildman–Crippen LogP) is 3.54. The van der Waals surface area contributed by atoms with Crippen molar-refractivity contribution in [3.8, 4) is 5.75 Å². The summed E-state index contributed by atoms with van der Waals surface area (Å²) in [6, 6.07) is 17.8. The molecule has 0 N–H and O–H groups in total. The zero-order valence-electron chi connectivity index (χ0n) is 17.8. The van der Waals surface area contributed by atoms with Crippen LogP contribution in [0.3, 0.4) is 0 Å².